The number of amides is 1. The van der Waals surface area contributed by atoms with Gasteiger partial charge in [-0.15, -0.1) is 0 Å². The molecular formula is C20H26N2O3. The van der Waals surface area contributed by atoms with Crippen molar-refractivity contribution in [3.05, 3.63) is 40.7 Å². The lowest BCUT2D eigenvalue weighted by molar-refractivity contribution is -0.131. The van der Waals surface area contributed by atoms with Crippen molar-refractivity contribution in [2.45, 2.75) is 38.5 Å². The molecule has 2 heterocycles. The minimum Gasteiger partial charge on any atom is -0.493 e. The van der Waals surface area contributed by atoms with Crippen molar-refractivity contribution in [3.8, 4) is 5.75 Å². The second-order valence-corrected chi connectivity index (χ2v) is 6.67. The second-order valence-electron chi connectivity index (χ2n) is 6.67. The molecule has 1 amide bonds. The van der Waals surface area contributed by atoms with Crippen LogP contribution in [0.1, 0.15) is 38.5 Å². The maximum atomic E-state index is 12.3. The van der Waals surface area contributed by atoms with Crippen LogP contribution < -0.4 is 10.3 Å². The van der Waals surface area contributed by atoms with Gasteiger partial charge in [-0.05, 0) is 31.4 Å². The fourth-order valence-corrected chi connectivity index (χ4v) is 3.38. The lowest BCUT2D eigenvalue weighted by Crippen LogP contribution is -2.31. The van der Waals surface area contributed by atoms with Crippen molar-refractivity contribution in [3.63, 3.8) is 0 Å². The van der Waals surface area contributed by atoms with E-state index in [1.807, 2.05) is 29.2 Å². The topological polar surface area (TPSA) is 51.5 Å². The monoisotopic (exact) mass is 342 g/mol. The predicted octanol–water partition coefficient (Wildman–Crippen LogP) is 3.10. The van der Waals surface area contributed by atoms with Gasteiger partial charge in [0.1, 0.15) is 5.75 Å². The standard InChI is InChI=1S/C20H26N2O3/c1-21-17-10-5-4-9-16(17)18(15-20(21)24)25-14-8-11-19(23)22-12-6-2-3-7-13-22/h4-5,9-10,15H,2-3,6-8,11-14H2,1H3. The average Bonchev–Trinajstić information content (AvgIpc) is 2.92. The van der Waals surface area contributed by atoms with Crippen molar-refractivity contribution >= 4 is 16.8 Å². The Balaban J connectivity index is 1.57. The van der Waals surface area contributed by atoms with Crippen LogP contribution in [0.15, 0.2) is 35.1 Å². The molecule has 0 N–H and O–H groups in total. The van der Waals surface area contributed by atoms with Gasteiger partial charge in [0.05, 0.1) is 12.1 Å². The van der Waals surface area contributed by atoms with Crippen LogP contribution in [0.2, 0.25) is 0 Å². The smallest absolute Gasteiger partial charge is 0.254 e. The molecule has 0 atom stereocenters. The predicted molar refractivity (Wildman–Crippen MR) is 99.0 cm³/mol. The number of aromatic nitrogens is 1. The molecule has 0 aliphatic carbocycles. The molecule has 5 heteroatoms. The quantitative estimate of drug-likeness (QED) is 0.785. The fraction of sp³-hybridized carbons (Fsp3) is 0.500. The van der Waals surface area contributed by atoms with E-state index < -0.39 is 0 Å². The molecule has 0 unspecified atom stereocenters. The third kappa shape index (κ3) is 4.21. The summed E-state index contributed by atoms with van der Waals surface area (Å²) in [6.07, 6.45) is 5.84. The van der Waals surface area contributed by atoms with Gasteiger partial charge in [0, 0.05) is 38.0 Å². The van der Waals surface area contributed by atoms with Gasteiger partial charge >= 0.3 is 0 Å². The summed E-state index contributed by atoms with van der Waals surface area (Å²) >= 11 is 0. The average molecular weight is 342 g/mol. The highest BCUT2D eigenvalue weighted by atomic mass is 16.5. The highest BCUT2D eigenvalue weighted by Gasteiger charge is 2.15. The number of rotatable bonds is 5. The number of nitrogens with zero attached hydrogens (tertiary/aromatic N) is 2. The van der Waals surface area contributed by atoms with Crippen molar-refractivity contribution in [1.29, 1.82) is 0 Å². The first-order valence-corrected chi connectivity index (χ1v) is 9.16. The number of hydrogen-bond donors (Lipinski definition) is 0. The first kappa shape index (κ1) is 17.5. The van der Waals surface area contributed by atoms with Gasteiger partial charge in [-0.2, -0.15) is 0 Å². The Hall–Kier alpha value is -2.30. The Bertz CT molecular complexity index is 789. The Morgan fingerprint density at radius 1 is 1.12 bits per heavy atom. The van der Waals surface area contributed by atoms with E-state index in [1.54, 1.807) is 11.6 Å². The zero-order chi connectivity index (χ0) is 17.6. The molecule has 0 spiro atoms. The molecule has 1 aromatic carbocycles. The number of fused-ring (bicyclic) bond motifs is 1. The molecule has 134 valence electrons. The Morgan fingerprint density at radius 3 is 2.60 bits per heavy atom. The molecule has 2 aromatic rings. The number of hydrogen-bond acceptors (Lipinski definition) is 3. The fourth-order valence-electron chi connectivity index (χ4n) is 3.38. The van der Waals surface area contributed by atoms with E-state index in [4.69, 9.17) is 4.74 Å². The van der Waals surface area contributed by atoms with Crippen LogP contribution in [-0.4, -0.2) is 35.1 Å². The van der Waals surface area contributed by atoms with E-state index in [9.17, 15) is 9.59 Å². The normalized spacial score (nSPS) is 15.2. The van der Waals surface area contributed by atoms with Crippen molar-refractivity contribution in [1.82, 2.24) is 9.47 Å². The molecule has 1 aromatic heterocycles. The van der Waals surface area contributed by atoms with Crippen LogP contribution in [0.25, 0.3) is 10.9 Å². The van der Waals surface area contributed by atoms with Gasteiger partial charge < -0.3 is 14.2 Å². The molecule has 1 aliphatic heterocycles. The summed E-state index contributed by atoms with van der Waals surface area (Å²) in [5, 5.41) is 0.920. The van der Waals surface area contributed by atoms with Gasteiger partial charge in [-0.3, -0.25) is 9.59 Å². The van der Waals surface area contributed by atoms with Gasteiger partial charge in [0.25, 0.3) is 5.56 Å². The molecule has 25 heavy (non-hydrogen) atoms. The van der Waals surface area contributed by atoms with Crippen molar-refractivity contribution in [2.75, 3.05) is 19.7 Å². The van der Waals surface area contributed by atoms with Gasteiger partial charge in [-0.1, -0.05) is 25.0 Å². The molecular weight excluding hydrogens is 316 g/mol. The van der Waals surface area contributed by atoms with Crippen LogP contribution in [-0.2, 0) is 11.8 Å². The number of carbonyl (C=O) groups excluding carboxylic acids is 1. The first-order chi connectivity index (χ1) is 12.2. The molecule has 0 bridgehead atoms. The van der Waals surface area contributed by atoms with Gasteiger partial charge in [0.2, 0.25) is 5.91 Å². The number of benzene rings is 1. The largest absolute Gasteiger partial charge is 0.493 e. The Labute approximate surface area is 148 Å². The minimum atomic E-state index is -0.0886. The van der Waals surface area contributed by atoms with E-state index >= 15 is 0 Å². The third-order valence-electron chi connectivity index (χ3n) is 4.87. The lowest BCUT2D eigenvalue weighted by atomic mass is 10.2. The highest BCUT2D eigenvalue weighted by molar-refractivity contribution is 5.85. The number of ether oxygens (including phenoxy) is 1. The van der Waals surface area contributed by atoms with E-state index in [2.05, 4.69) is 0 Å². The molecule has 0 saturated carbocycles. The first-order valence-electron chi connectivity index (χ1n) is 9.16. The van der Waals surface area contributed by atoms with Crippen LogP contribution in [0.5, 0.6) is 5.75 Å². The van der Waals surface area contributed by atoms with E-state index in [-0.39, 0.29) is 11.5 Å². The SMILES string of the molecule is Cn1c(=O)cc(OCCCC(=O)N2CCCCCC2)c2ccccc21. The van der Waals surface area contributed by atoms with Crippen molar-refractivity contribution in [2.24, 2.45) is 7.05 Å². The summed E-state index contributed by atoms with van der Waals surface area (Å²) in [6, 6.07) is 9.23. The van der Waals surface area contributed by atoms with Crippen molar-refractivity contribution < 1.29 is 9.53 Å². The Kier molecular flexibility index (Phi) is 5.74. The third-order valence-corrected chi connectivity index (χ3v) is 4.87. The number of pyridine rings is 1. The van der Waals surface area contributed by atoms with E-state index in [1.165, 1.54) is 18.9 Å². The summed E-state index contributed by atoms with van der Waals surface area (Å²) in [7, 11) is 1.76. The summed E-state index contributed by atoms with van der Waals surface area (Å²) < 4.78 is 7.45. The molecule has 5 nitrogen and oxygen atoms in total. The Morgan fingerprint density at radius 2 is 1.84 bits per heavy atom. The number of likely N-dealkylation sites (tertiary alicyclic amines) is 1. The number of aryl methyl sites for hydroxylation is 1. The van der Waals surface area contributed by atoms with E-state index in [0.717, 1.165) is 36.8 Å². The maximum absolute atomic E-state index is 12.3. The zero-order valence-electron chi connectivity index (χ0n) is 14.9. The van der Waals surface area contributed by atoms with Gasteiger partial charge in [0.15, 0.2) is 0 Å². The maximum Gasteiger partial charge on any atom is 0.254 e. The van der Waals surface area contributed by atoms with Crippen LogP contribution in [0, 0.1) is 0 Å². The van der Waals surface area contributed by atoms with Crippen LogP contribution >= 0.6 is 0 Å². The second kappa shape index (κ2) is 8.19. The van der Waals surface area contributed by atoms with E-state index in [0.29, 0.717) is 25.2 Å². The minimum absolute atomic E-state index is 0.0886. The summed E-state index contributed by atoms with van der Waals surface area (Å²) in [4.78, 5) is 26.3. The molecule has 1 aliphatic rings. The number of para-hydroxylation sites is 1. The molecule has 3 rings (SSSR count). The molecule has 0 radical (unpaired) electrons. The summed E-state index contributed by atoms with van der Waals surface area (Å²) in [5.74, 6) is 0.820. The summed E-state index contributed by atoms with van der Waals surface area (Å²) in [6.45, 7) is 2.22. The number of carbonyl (C=O) groups is 1. The molecule has 1 saturated heterocycles. The molecule has 1 fully saturated rings. The highest BCUT2D eigenvalue weighted by Crippen LogP contribution is 2.23. The van der Waals surface area contributed by atoms with Crippen LogP contribution in [0.3, 0.4) is 0 Å². The van der Waals surface area contributed by atoms with Crippen LogP contribution in [0.4, 0.5) is 0 Å². The van der Waals surface area contributed by atoms with Gasteiger partial charge in [-0.25, -0.2) is 0 Å². The zero-order valence-corrected chi connectivity index (χ0v) is 14.9. The summed E-state index contributed by atoms with van der Waals surface area (Å²) in [5.41, 5.74) is 0.764. The lowest BCUT2D eigenvalue weighted by Gasteiger charge is -2.20.